The summed E-state index contributed by atoms with van der Waals surface area (Å²) < 4.78 is 7.25. The molecule has 0 spiro atoms. The molecule has 2 rings (SSSR count). The quantitative estimate of drug-likeness (QED) is 0.576. The molecule has 0 saturated carbocycles. The highest BCUT2D eigenvalue weighted by molar-refractivity contribution is 5.70. The molecule has 5 nitrogen and oxygen atoms in total. The Balaban J connectivity index is 1.74. The van der Waals surface area contributed by atoms with Gasteiger partial charge in [0.15, 0.2) is 6.29 Å². The van der Waals surface area contributed by atoms with E-state index in [1.807, 2.05) is 31.2 Å². The second kappa shape index (κ2) is 5.95. The van der Waals surface area contributed by atoms with Crippen molar-refractivity contribution in [2.24, 2.45) is 0 Å². The lowest BCUT2D eigenvalue weighted by atomic mass is 10.2. The van der Waals surface area contributed by atoms with Crippen LogP contribution in [0, 0.1) is 6.92 Å². The van der Waals surface area contributed by atoms with Gasteiger partial charge in [0.25, 0.3) is 0 Å². The van der Waals surface area contributed by atoms with E-state index in [2.05, 4.69) is 10.3 Å². The molecule has 0 atom stereocenters. The lowest BCUT2D eigenvalue weighted by Crippen LogP contribution is -2.05. The van der Waals surface area contributed by atoms with Gasteiger partial charge in [0.2, 0.25) is 0 Å². The predicted octanol–water partition coefficient (Wildman–Crippen LogP) is 1.87. The molecule has 0 saturated heterocycles. The van der Waals surface area contributed by atoms with Gasteiger partial charge in [0, 0.05) is 13.0 Å². The molecular weight excluding hydrogens is 230 g/mol. The van der Waals surface area contributed by atoms with Gasteiger partial charge in [-0.05, 0) is 24.6 Å². The number of aldehydes is 1. The molecule has 0 aliphatic heterocycles. The standard InChI is InChI=1S/C13H15N3O2/c1-11-4-2-5-13(8-11)18-7-3-6-16-9-12(10-17)14-15-16/h2,4-5,8-10H,3,6-7H2,1H3. The van der Waals surface area contributed by atoms with E-state index in [9.17, 15) is 4.79 Å². The van der Waals surface area contributed by atoms with E-state index in [-0.39, 0.29) is 0 Å². The second-order valence-corrected chi connectivity index (χ2v) is 4.04. The number of rotatable bonds is 6. The molecule has 5 heteroatoms. The largest absolute Gasteiger partial charge is 0.494 e. The minimum atomic E-state index is 0.356. The van der Waals surface area contributed by atoms with Crippen molar-refractivity contribution < 1.29 is 9.53 Å². The number of benzene rings is 1. The van der Waals surface area contributed by atoms with E-state index in [0.29, 0.717) is 25.1 Å². The van der Waals surface area contributed by atoms with Crippen molar-refractivity contribution in [2.75, 3.05) is 6.61 Å². The fourth-order valence-corrected chi connectivity index (χ4v) is 1.60. The monoisotopic (exact) mass is 245 g/mol. The van der Waals surface area contributed by atoms with Gasteiger partial charge in [-0.15, -0.1) is 5.10 Å². The zero-order valence-corrected chi connectivity index (χ0v) is 10.2. The third-order valence-corrected chi connectivity index (χ3v) is 2.47. The minimum Gasteiger partial charge on any atom is -0.494 e. The van der Waals surface area contributed by atoms with Crippen LogP contribution >= 0.6 is 0 Å². The molecule has 0 fully saturated rings. The highest BCUT2D eigenvalue weighted by Crippen LogP contribution is 2.12. The summed E-state index contributed by atoms with van der Waals surface area (Å²) in [4.78, 5) is 10.4. The third kappa shape index (κ3) is 3.41. The number of nitrogens with zero attached hydrogens (tertiary/aromatic N) is 3. The molecule has 1 heterocycles. The first-order valence-corrected chi connectivity index (χ1v) is 5.83. The molecule has 0 radical (unpaired) electrons. The van der Waals surface area contributed by atoms with Gasteiger partial charge in [-0.25, -0.2) is 0 Å². The summed E-state index contributed by atoms with van der Waals surface area (Å²) in [7, 11) is 0. The van der Waals surface area contributed by atoms with Crippen LogP contribution in [0.3, 0.4) is 0 Å². The van der Waals surface area contributed by atoms with Crippen molar-refractivity contribution in [2.45, 2.75) is 19.9 Å². The summed E-state index contributed by atoms with van der Waals surface area (Å²) in [5.41, 5.74) is 1.54. The minimum absolute atomic E-state index is 0.356. The number of carbonyl (C=O) groups is 1. The molecular formula is C13H15N3O2. The van der Waals surface area contributed by atoms with Gasteiger partial charge in [-0.2, -0.15) is 0 Å². The number of aryl methyl sites for hydroxylation is 2. The maximum absolute atomic E-state index is 10.4. The van der Waals surface area contributed by atoms with Crippen molar-refractivity contribution >= 4 is 6.29 Å². The van der Waals surface area contributed by atoms with Crippen molar-refractivity contribution in [1.29, 1.82) is 0 Å². The molecule has 0 unspecified atom stereocenters. The molecule has 2 aromatic rings. The maximum atomic E-state index is 10.4. The van der Waals surface area contributed by atoms with Crippen LogP contribution in [0.15, 0.2) is 30.5 Å². The zero-order valence-electron chi connectivity index (χ0n) is 10.2. The lowest BCUT2D eigenvalue weighted by molar-refractivity contribution is 0.111. The average molecular weight is 245 g/mol. The Labute approximate surface area is 105 Å². The maximum Gasteiger partial charge on any atom is 0.171 e. The SMILES string of the molecule is Cc1cccc(OCCCn2cc(C=O)nn2)c1. The van der Waals surface area contributed by atoms with E-state index >= 15 is 0 Å². The Morgan fingerprint density at radius 2 is 2.33 bits per heavy atom. The van der Waals surface area contributed by atoms with E-state index < -0.39 is 0 Å². The van der Waals surface area contributed by atoms with Gasteiger partial charge < -0.3 is 4.74 Å². The molecule has 0 N–H and O–H groups in total. The van der Waals surface area contributed by atoms with Gasteiger partial charge in [0.05, 0.1) is 12.8 Å². The number of carbonyl (C=O) groups excluding carboxylic acids is 1. The van der Waals surface area contributed by atoms with E-state index in [0.717, 1.165) is 12.2 Å². The van der Waals surface area contributed by atoms with Gasteiger partial charge in [-0.1, -0.05) is 17.3 Å². The third-order valence-electron chi connectivity index (χ3n) is 2.47. The topological polar surface area (TPSA) is 57.0 Å². The molecule has 94 valence electrons. The summed E-state index contributed by atoms with van der Waals surface area (Å²) in [5, 5.41) is 7.51. The van der Waals surface area contributed by atoms with Crippen molar-refractivity contribution in [3.05, 3.63) is 41.7 Å². The van der Waals surface area contributed by atoms with Crippen molar-refractivity contribution in [3.63, 3.8) is 0 Å². The average Bonchev–Trinajstić information content (AvgIpc) is 2.83. The Morgan fingerprint density at radius 1 is 1.44 bits per heavy atom. The van der Waals surface area contributed by atoms with Gasteiger partial charge >= 0.3 is 0 Å². The van der Waals surface area contributed by atoms with Crippen LogP contribution in [0.4, 0.5) is 0 Å². The summed E-state index contributed by atoms with van der Waals surface area (Å²) in [6.45, 7) is 3.33. The highest BCUT2D eigenvalue weighted by Gasteiger charge is 1.99. The Kier molecular flexibility index (Phi) is 4.06. The predicted molar refractivity (Wildman–Crippen MR) is 66.7 cm³/mol. The molecule has 18 heavy (non-hydrogen) atoms. The molecule has 0 bridgehead atoms. The van der Waals surface area contributed by atoms with Crippen molar-refractivity contribution in [1.82, 2.24) is 15.0 Å². The van der Waals surface area contributed by atoms with Gasteiger partial charge in [0.1, 0.15) is 11.4 Å². The van der Waals surface area contributed by atoms with Crippen LogP contribution in [0.5, 0.6) is 5.75 Å². The van der Waals surface area contributed by atoms with E-state index in [1.165, 1.54) is 5.56 Å². The number of hydrogen-bond donors (Lipinski definition) is 0. The zero-order chi connectivity index (χ0) is 12.8. The first-order chi connectivity index (χ1) is 8.78. The Hall–Kier alpha value is -2.17. The summed E-state index contributed by atoms with van der Waals surface area (Å²) >= 11 is 0. The highest BCUT2D eigenvalue weighted by atomic mass is 16.5. The van der Waals surface area contributed by atoms with Crippen LogP contribution in [-0.2, 0) is 6.54 Å². The van der Waals surface area contributed by atoms with Crippen molar-refractivity contribution in [3.8, 4) is 5.75 Å². The first kappa shape index (κ1) is 12.3. The Bertz CT molecular complexity index is 522. The fourth-order valence-electron chi connectivity index (χ4n) is 1.60. The fraction of sp³-hybridized carbons (Fsp3) is 0.308. The normalized spacial score (nSPS) is 10.3. The number of hydrogen-bond acceptors (Lipinski definition) is 4. The van der Waals surface area contributed by atoms with Gasteiger partial charge in [-0.3, -0.25) is 9.48 Å². The summed E-state index contributed by atoms with van der Waals surface area (Å²) in [6, 6.07) is 7.94. The summed E-state index contributed by atoms with van der Waals surface area (Å²) in [5.74, 6) is 0.877. The number of ether oxygens (including phenoxy) is 1. The van der Waals surface area contributed by atoms with Crippen LogP contribution < -0.4 is 4.74 Å². The smallest absolute Gasteiger partial charge is 0.171 e. The molecule has 1 aromatic heterocycles. The molecule has 0 aliphatic carbocycles. The van der Waals surface area contributed by atoms with Crippen LogP contribution in [0.1, 0.15) is 22.5 Å². The van der Waals surface area contributed by atoms with E-state index in [4.69, 9.17) is 4.74 Å². The van der Waals surface area contributed by atoms with Crippen LogP contribution in [0.25, 0.3) is 0 Å². The molecule has 1 aromatic carbocycles. The second-order valence-electron chi connectivity index (χ2n) is 4.04. The first-order valence-electron chi connectivity index (χ1n) is 5.83. The van der Waals surface area contributed by atoms with Crippen LogP contribution in [0.2, 0.25) is 0 Å². The molecule has 0 amide bonds. The molecule has 0 aliphatic rings. The van der Waals surface area contributed by atoms with E-state index in [1.54, 1.807) is 10.9 Å². The Morgan fingerprint density at radius 3 is 3.06 bits per heavy atom. The van der Waals surface area contributed by atoms with Crippen LogP contribution in [-0.4, -0.2) is 27.9 Å². The summed E-state index contributed by atoms with van der Waals surface area (Å²) in [6.07, 6.45) is 3.13. The number of aromatic nitrogens is 3. The lowest BCUT2D eigenvalue weighted by Gasteiger charge is -2.06.